The van der Waals surface area contributed by atoms with Crippen LogP contribution >= 0.6 is 11.3 Å². The predicted octanol–water partition coefficient (Wildman–Crippen LogP) is 6.78. The van der Waals surface area contributed by atoms with Crippen molar-refractivity contribution >= 4 is 40.5 Å². The largest absolute Gasteiger partial charge is 0.376 e. The van der Waals surface area contributed by atoms with Gasteiger partial charge in [0.1, 0.15) is 5.01 Å². The van der Waals surface area contributed by atoms with E-state index in [1.807, 2.05) is 23.8 Å². The molecule has 2 aliphatic heterocycles. The molecule has 0 fully saturated rings. The van der Waals surface area contributed by atoms with E-state index in [-0.39, 0.29) is 6.85 Å². The molecule has 8 rings (SSSR count). The molecule has 0 saturated carbocycles. The Balaban J connectivity index is 1.45. The van der Waals surface area contributed by atoms with Crippen LogP contribution in [0, 0.1) is 0 Å². The molecule has 0 amide bonds. The number of para-hydroxylation sites is 2. The Morgan fingerprint density at radius 2 is 1.22 bits per heavy atom. The van der Waals surface area contributed by atoms with Gasteiger partial charge in [0, 0.05) is 45.8 Å². The SMILES string of the molecule is c1ccc(-c2ccc3c(c2)B2c4cc(-c5nccs5)ccc4-c4ccccc4N2c2ccccc2-3)nc1. The van der Waals surface area contributed by atoms with Gasteiger partial charge in [-0.2, -0.15) is 0 Å². The van der Waals surface area contributed by atoms with Gasteiger partial charge in [-0.1, -0.05) is 78.9 Å². The van der Waals surface area contributed by atoms with E-state index < -0.39 is 0 Å². The maximum atomic E-state index is 4.65. The normalized spacial score (nSPS) is 12.8. The molecule has 0 saturated heterocycles. The highest BCUT2D eigenvalue weighted by Crippen LogP contribution is 2.46. The van der Waals surface area contributed by atoms with Crippen LogP contribution in [-0.2, 0) is 0 Å². The van der Waals surface area contributed by atoms with Crippen LogP contribution in [0.25, 0.3) is 44.1 Å². The number of fused-ring (bicyclic) bond motifs is 11. The molecule has 37 heavy (non-hydrogen) atoms. The van der Waals surface area contributed by atoms with Crippen LogP contribution in [0.5, 0.6) is 0 Å². The predicted molar refractivity (Wildman–Crippen MR) is 155 cm³/mol. The van der Waals surface area contributed by atoms with Crippen molar-refractivity contribution in [1.82, 2.24) is 9.97 Å². The Bertz CT molecular complexity index is 1800. The summed E-state index contributed by atoms with van der Waals surface area (Å²) in [7, 11) is 0. The first kappa shape index (κ1) is 20.7. The number of thiazole rings is 1. The molecule has 0 bridgehead atoms. The number of aromatic nitrogens is 2. The van der Waals surface area contributed by atoms with Crippen molar-refractivity contribution in [3.8, 4) is 44.1 Å². The van der Waals surface area contributed by atoms with Gasteiger partial charge in [-0.25, -0.2) is 4.98 Å². The van der Waals surface area contributed by atoms with E-state index in [2.05, 4.69) is 112 Å². The van der Waals surface area contributed by atoms with Gasteiger partial charge in [-0.15, -0.1) is 11.3 Å². The molecular formula is C32H20BN3S. The number of hydrogen-bond donors (Lipinski definition) is 0. The summed E-state index contributed by atoms with van der Waals surface area (Å²) in [6, 6.07) is 37.4. The van der Waals surface area contributed by atoms with Crippen molar-refractivity contribution in [2.45, 2.75) is 0 Å². The quantitative estimate of drug-likeness (QED) is 0.251. The monoisotopic (exact) mass is 489 g/mol. The third kappa shape index (κ3) is 3.08. The molecule has 0 spiro atoms. The average molecular weight is 489 g/mol. The van der Waals surface area contributed by atoms with Gasteiger partial charge in [0.15, 0.2) is 0 Å². The average Bonchev–Trinajstić information content (AvgIpc) is 3.52. The smallest absolute Gasteiger partial charge is 0.329 e. The van der Waals surface area contributed by atoms with Gasteiger partial charge in [0.2, 0.25) is 0 Å². The molecule has 0 radical (unpaired) electrons. The summed E-state index contributed by atoms with van der Waals surface area (Å²) in [5.41, 5.74) is 13.5. The molecule has 5 heteroatoms. The highest BCUT2D eigenvalue weighted by Gasteiger charge is 2.42. The lowest BCUT2D eigenvalue weighted by atomic mass is 9.43. The molecule has 0 atom stereocenters. The standard InChI is InChI=1S/C32H20BN3S/c1-3-10-30-25(7-1)23-14-12-21(29-9-5-6-16-34-29)19-27(23)33-28-20-22(32-35-17-18-37-32)13-15-24(28)26-8-2-4-11-31(26)36(30)33/h1-20H. The Kier molecular flexibility index (Phi) is 4.48. The fourth-order valence-electron chi connectivity index (χ4n) is 5.94. The lowest BCUT2D eigenvalue weighted by Gasteiger charge is -2.43. The van der Waals surface area contributed by atoms with Crippen molar-refractivity contribution in [3.63, 3.8) is 0 Å². The van der Waals surface area contributed by atoms with E-state index in [9.17, 15) is 0 Å². The Labute approximate surface area is 219 Å². The van der Waals surface area contributed by atoms with E-state index in [0.29, 0.717) is 0 Å². The van der Waals surface area contributed by atoms with E-state index in [4.69, 9.17) is 0 Å². The second-order valence-corrected chi connectivity index (χ2v) is 10.4. The Hall–Kier alpha value is -4.48. The molecule has 2 aliphatic rings. The minimum absolute atomic E-state index is 0.0402. The van der Waals surface area contributed by atoms with Crippen LogP contribution in [0.15, 0.2) is 121 Å². The Morgan fingerprint density at radius 3 is 1.86 bits per heavy atom. The first-order chi connectivity index (χ1) is 18.4. The third-order valence-corrected chi connectivity index (χ3v) is 8.32. The van der Waals surface area contributed by atoms with E-state index in [1.165, 1.54) is 44.6 Å². The van der Waals surface area contributed by atoms with Crippen molar-refractivity contribution in [2.24, 2.45) is 0 Å². The number of rotatable bonds is 2. The van der Waals surface area contributed by atoms with Gasteiger partial charge in [-0.05, 0) is 51.9 Å². The van der Waals surface area contributed by atoms with Crippen molar-refractivity contribution in [3.05, 3.63) is 121 Å². The number of hydrogen-bond acceptors (Lipinski definition) is 4. The van der Waals surface area contributed by atoms with Crippen LogP contribution < -0.4 is 15.7 Å². The second-order valence-electron chi connectivity index (χ2n) is 9.46. The summed E-state index contributed by atoms with van der Waals surface area (Å²) in [5.74, 6) is 0. The van der Waals surface area contributed by atoms with Gasteiger partial charge < -0.3 is 4.81 Å². The minimum Gasteiger partial charge on any atom is -0.376 e. The molecule has 4 heterocycles. The molecule has 3 nitrogen and oxygen atoms in total. The van der Waals surface area contributed by atoms with Gasteiger partial charge >= 0.3 is 6.85 Å². The molecule has 6 aromatic rings. The topological polar surface area (TPSA) is 29.0 Å². The van der Waals surface area contributed by atoms with Gasteiger partial charge in [-0.3, -0.25) is 4.98 Å². The fourth-order valence-corrected chi connectivity index (χ4v) is 6.57. The molecule has 2 aromatic heterocycles. The minimum atomic E-state index is 0.0402. The maximum absolute atomic E-state index is 4.65. The van der Waals surface area contributed by atoms with Crippen molar-refractivity contribution < 1.29 is 0 Å². The first-order valence-corrected chi connectivity index (χ1v) is 13.3. The summed E-state index contributed by atoms with van der Waals surface area (Å²) in [6.07, 6.45) is 3.75. The summed E-state index contributed by atoms with van der Waals surface area (Å²) in [5, 5.41) is 3.09. The summed E-state index contributed by atoms with van der Waals surface area (Å²) < 4.78 is 0. The number of nitrogens with zero attached hydrogens (tertiary/aromatic N) is 3. The van der Waals surface area contributed by atoms with Crippen molar-refractivity contribution in [2.75, 3.05) is 4.81 Å². The summed E-state index contributed by atoms with van der Waals surface area (Å²) >= 11 is 1.68. The number of pyridine rings is 1. The molecule has 0 unspecified atom stereocenters. The summed E-state index contributed by atoms with van der Waals surface area (Å²) in [6.45, 7) is 0.0402. The molecule has 0 aliphatic carbocycles. The third-order valence-electron chi connectivity index (χ3n) is 7.50. The highest BCUT2D eigenvalue weighted by molar-refractivity contribution is 7.13. The molecular weight excluding hydrogens is 469 g/mol. The van der Waals surface area contributed by atoms with Gasteiger partial charge in [0.05, 0.1) is 5.69 Å². The van der Waals surface area contributed by atoms with E-state index in [1.54, 1.807) is 11.3 Å². The van der Waals surface area contributed by atoms with E-state index in [0.717, 1.165) is 21.8 Å². The lowest BCUT2D eigenvalue weighted by Crippen LogP contribution is -2.59. The summed E-state index contributed by atoms with van der Waals surface area (Å²) in [4.78, 5) is 11.8. The molecule has 4 aromatic carbocycles. The highest BCUT2D eigenvalue weighted by atomic mass is 32.1. The van der Waals surface area contributed by atoms with Crippen LogP contribution in [-0.4, -0.2) is 16.8 Å². The number of benzene rings is 4. The zero-order valence-corrected chi connectivity index (χ0v) is 20.7. The zero-order chi connectivity index (χ0) is 24.3. The second kappa shape index (κ2) is 8.02. The Morgan fingerprint density at radius 1 is 0.568 bits per heavy atom. The van der Waals surface area contributed by atoms with Crippen LogP contribution in [0.3, 0.4) is 0 Å². The van der Waals surface area contributed by atoms with E-state index >= 15 is 0 Å². The van der Waals surface area contributed by atoms with Crippen LogP contribution in [0.1, 0.15) is 0 Å². The van der Waals surface area contributed by atoms with Crippen LogP contribution in [0.4, 0.5) is 11.4 Å². The molecule has 172 valence electrons. The van der Waals surface area contributed by atoms with Gasteiger partial charge in [0.25, 0.3) is 0 Å². The number of anilines is 2. The fraction of sp³-hybridized carbons (Fsp3) is 0. The maximum Gasteiger partial charge on any atom is 0.329 e. The van der Waals surface area contributed by atoms with Crippen molar-refractivity contribution in [1.29, 1.82) is 0 Å². The zero-order valence-electron chi connectivity index (χ0n) is 19.9. The molecule has 0 N–H and O–H groups in total. The van der Waals surface area contributed by atoms with Crippen LogP contribution in [0.2, 0.25) is 0 Å². The first-order valence-electron chi connectivity index (χ1n) is 12.4. The lowest BCUT2D eigenvalue weighted by molar-refractivity contribution is 1.32.